The summed E-state index contributed by atoms with van der Waals surface area (Å²) < 4.78 is 10.5. The van der Waals surface area contributed by atoms with Crippen molar-refractivity contribution in [2.45, 2.75) is 0 Å². The first-order valence-corrected chi connectivity index (χ1v) is 6.20. The van der Waals surface area contributed by atoms with E-state index in [0.29, 0.717) is 33.6 Å². The highest BCUT2D eigenvalue weighted by Gasteiger charge is 2.15. The molecule has 1 aromatic heterocycles. The Balaban J connectivity index is 2.48. The lowest BCUT2D eigenvalue weighted by atomic mass is 10.1. The molecule has 21 heavy (non-hydrogen) atoms. The summed E-state index contributed by atoms with van der Waals surface area (Å²) in [5.41, 5.74) is 1.93. The summed E-state index contributed by atoms with van der Waals surface area (Å²) in [5, 5.41) is 9.26. The van der Waals surface area contributed by atoms with Gasteiger partial charge in [0.2, 0.25) is 0 Å². The number of benzene rings is 2. The molecule has 0 bridgehead atoms. The van der Waals surface area contributed by atoms with E-state index < -0.39 is 5.97 Å². The van der Waals surface area contributed by atoms with Crippen LogP contribution in [0.5, 0.6) is 11.5 Å². The van der Waals surface area contributed by atoms with Crippen molar-refractivity contribution in [3.05, 3.63) is 35.9 Å². The van der Waals surface area contributed by atoms with Gasteiger partial charge in [-0.15, -0.1) is 0 Å². The highest BCUT2D eigenvalue weighted by molar-refractivity contribution is 6.03. The molecule has 1 N–H and O–H groups in total. The number of aromatic carboxylic acids is 1. The van der Waals surface area contributed by atoms with Crippen molar-refractivity contribution in [2.75, 3.05) is 14.2 Å². The first-order valence-electron chi connectivity index (χ1n) is 6.20. The lowest BCUT2D eigenvalue weighted by Crippen LogP contribution is -2.01. The molecule has 6 nitrogen and oxygen atoms in total. The number of hydrogen-bond acceptors (Lipinski definition) is 5. The Morgan fingerprint density at radius 1 is 0.952 bits per heavy atom. The molecule has 3 rings (SSSR count). The van der Waals surface area contributed by atoms with E-state index in [1.807, 2.05) is 0 Å². The average Bonchev–Trinajstić information content (AvgIpc) is 2.51. The smallest absolute Gasteiger partial charge is 0.337 e. The first-order chi connectivity index (χ1) is 10.2. The number of aromatic nitrogens is 2. The van der Waals surface area contributed by atoms with Crippen molar-refractivity contribution in [3.63, 3.8) is 0 Å². The third-order valence-electron chi connectivity index (χ3n) is 3.22. The third-order valence-corrected chi connectivity index (χ3v) is 3.22. The maximum atomic E-state index is 11.3. The predicted octanol–water partition coefficient (Wildman–Crippen LogP) is 2.50. The van der Waals surface area contributed by atoms with E-state index in [9.17, 15) is 9.90 Å². The quantitative estimate of drug-likeness (QED) is 0.744. The number of ether oxygens (including phenoxy) is 2. The number of rotatable bonds is 3. The summed E-state index contributed by atoms with van der Waals surface area (Å²) >= 11 is 0. The van der Waals surface area contributed by atoms with Crippen LogP contribution in [-0.2, 0) is 0 Å². The van der Waals surface area contributed by atoms with E-state index >= 15 is 0 Å². The normalized spacial score (nSPS) is 10.8. The lowest BCUT2D eigenvalue weighted by Gasteiger charge is -2.10. The van der Waals surface area contributed by atoms with Gasteiger partial charge < -0.3 is 14.6 Å². The molecule has 0 saturated carbocycles. The summed E-state index contributed by atoms with van der Waals surface area (Å²) in [6, 6.07) is 8.30. The topological polar surface area (TPSA) is 81.5 Å². The van der Waals surface area contributed by atoms with Crippen LogP contribution in [0, 0.1) is 0 Å². The van der Waals surface area contributed by atoms with E-state index in [1.54, 1.807) is 31.4 Å². The van der Waals surface area contributed by atoms with Gasteiger partial charge in [-0.3, -0.25) is 0 Å². The van der Waals surface area contributed by atoms with E-state index in [2.05, 4.69) is 9.97 Å². The van der Waals surface area contributed by atoms with Gasteiger partial charge in [0.1, 0.15) is 28.0 Å². The molecule has 0 fully saturated rings. The Morgan fingerprint density at radius 3 is 2.14 bits per heavy atom. The molecule has 0 spiro atoms. The molecule has 0 aliphatic rings. The predicted molar refractivity (Wildman–Crippen MR) is 77.1 cm³/mol. The molecule has 3 aromatic rings. The van der Waals surface area contributed by atoms with Gasteiger partial charge in [-0.25, -0.2) is 14.8 Å². The molecule has 0 aliphatic carbocycles. The largest absolute Gasteiger partial charge is 0.494 e. The van der Waals surface area contributed by atoms with Crippen LogP contribution in [-0.4, -0.2) is 35.3 Å². The molecule has 0 aliphatic heterocycles. The number of fused-ring (bicyclic) bond motifs is 2. The zero-order chi connectivity index (χ0) is 15.0. The third kappa shape index (κ3) is 2.01. The van der Waals surface area contributed by atoms with Gasteiger partial charge in [0.05, 0.1) is 25.3 Å². The number of para-hydroxylation sites is 1. The summed E-state index contributed by atoms with van der Waals surface area (Å²) in [7, 11) is 3.07. The highest BCUT2D eigenvalue weighted by atomic mass is 16.5. The maximum absolute atomic E-state index is 11.3. The van der Waals surface area contributed by atoms with Crippen LogP contribution < -0.4 is 9.47 Å². The van der Waals surface area contributed by atoms with Gasteiger partial charge in [-0.2, -0.15) is 0 Å². The van der Waals surface area contributed by atoms with Gasteiger partial charge >= 0.3 is 5.97 Å². The summed E-state index contributed by atoms with van der Waals surface area (Å²) in [5.74, 6) is 0.0254. The minimum absolute atomic E-state index is 0.103. The standard InChI is InChI=1S/C15H12N2O4/c1-20-10-6-7-11(21-2)14-13(10)16-9-5-3-4-8(15(18)19)12(9)17-14/h3-7H,1-2H3,(H,18,19). The van der Waals surface area contributed by atoms with Crippen molar-refractivity contribution in [1.29, 1.82) is 0 Å². The average molecular weight is 284 g/mol. The Hall–Kier alpha value is -2.89. The molecular formula is C15H12N2O4. The van der Waals surface area contributed by atoms with Crippen molar-refractivity contribution < 1.29 is 19.4 Å². The Labute approximate surface area is 120 Å². The maximum Gasteiger partial charge on any atom is 0.337 e. The number of methoxy groups -OCH3 is 2. The molecule has 0 unspecified atom stereocenters. The molecule has 6 heteroatoms. The molecule has 106 valence electrons. The second kappa shape index (κ2) is 4.90. The Morgan fingerprint density at radius 2 is 1.57 bits per heavy atom. The Kier molecular flexibility index (Phi) is 3.06. The minimum Gasteiger partial charge on any atom is -0.494 e. The molecule has 2 aromatic carbocycles. The monoisotopic (exact) mass is 284 g/mol. The fourth-order valence-corrected chi connectivity index (χ4v) is 2.23. The van der Waals surface area contributed by atoms with Crippen LogP contribution in [0.1, 0.15) is 10.4 Å². The van der Waals surface area contributed by atoms with Gasteiger partial charge in [-0.05, 0) is 24.3 Å². The fourth-order valence-electron chi connectivity index (χ4n) is 2.23. The van der Waals surface area contributed by atoms with Crippen LogP contribution in [0.4, 0.5) is 0 Å². The molecule has 0 saturated heterocycles. The van der Waals surface area contributed by atoms with Gasteiger partial charge in [0.25, 0.3) is 0 Å². The van der Waals surface area contributed by atoms with Crippen LogP contribution >= 0.6 is 0 Å². The Bertz CT molecular complexity index is 861. The summed E-state index contributed by atoms with van der Waals surface area (Å²) in [6.45, 7) is 0. The van der Waals surface area contributed by atoms with Crippen LogP contribution in [0.15, 0.2) is 30.3 Å². The van der Waals surface area contributed by atoms with Gasteiger partial charge in [0, 0.05) is 0 Å². The fraction of sp³-hybridized carbons (Fsp3) is 0.133. The van der Waals surface area contributed by atoms with Crippen LogP contribution in [0.2, 0.25) is 0 Å². The van der Waals surface area contributed by atoms with Crippen molar-refractivity contribution in [3.8, 4) is 11.5 Å². The SMILES string of the molecule is COc1ccc(OC)c2nc3c(C(=O)O)cccc3nc12. The van der Waals surface area contributed by atoms with E-state index in [4.69, 9.17) is 9.47 Å². The molecule has 0 atom stereocenters. The molecule has 1 heterocycles. The molecular weight excluding hydrogens is 272 g/mol. The summed E-state index contributed by atoms with van der Waals surface area (Å²) in [6.07, 6.45) is 0. The minimum atomic E-state index is -1.05. The number of nitrogens with zero attached hydrogens (tertiary/aromatic N) is 2. The highest BCUT2D eigenvalue weighted by Crippen LogP contribution is 2.32. The zero-order valence-corrected chi connectivity index (χ0v) is 11.5. The first kappa shape index (κ1) is 13.1. The second-order valence-electron chi connectivity index (χ2n) is 4.37. The van der Waals surface area contributed by atoms with Crippen molar-refractivity contribution in [2.24, 2.45) is 0 Å². The molecule has 0 amide bonds. The van der Waals surface area contributed by atoms with E-state index in [-0.39, 0.29) is 5.56 Å². The summed E-state index contributed by atoms with van der Waals surface area (Å²) in [4.78, 5) is 20.2. The van der Waals surface area contributed by atoms with Crippen LogP contribution in [0.25, 0.3) is 22.1 Å². The van der Waals surface area contributed by atoms with Crippen molar-refractivity contribution >= 4 is 28.0 Å². The second-order valence-corrected chi connectivity index (χ2v) is 4.37. The van der Waals surface area contributed by atoms with Gasteiger partial charge in [0.15, 0.2) is 0 Å². The van der Waals surface area contributed by atoms with Crippen molar-refractivity contribution in [1.82, 2.24) is 9.97 Å². The lowest BCUT2D eigenvalue weighted by molar-refractivity contribution is 0.0699. The number of carbonyl (C=O) groups is 1. The zero-order valence-electron chi connectivity index (χ0n) is 11.5. The van der Waals surface area contributed by atoms with E-state index in [1.165, 1.54) is 13.2 Å². The number of carboxylic acid groups (broad SMARTS) is 1. The van der Waals surface area contributed by atoms with E-state index in [0.717, 1.165) is 0 Å². The molecule has 0 radical (unpaired) electrons. The van der Waals surface area contributed by atoms with Gasteiger partial charge in [-0.1, -0.05) is 6.07 Å². The van der Waals surface area contributed by atoms with Crippen LogP contribution in [0.3, 0.4) is 0 Å². The number of carboxylic acids is 1. The number of hydrogen-bond donors (Lipinski definition) is 1.